The van der Waals surface area contributed by atoms with Crippen LogP contribution >= 0.6 is 0 Å². The van der Waals surface area contributed by atoms with Gasteiger partial charge in [0.1, 0.15) is 12.4 Å². The fourth-order valence-electron chi connectivity index (χ4n) is 1.60. The first-order valence-electron chi connectivity index (χ1n) is 6.98. The van der Waals surface area contributed by atoms with Crippen molar-refractivity contribution in [2.45, 2.75) is 26.3 Å². The third kappa shape index (κ3) is 7.65. The number of rotatable bonds is 11. The zero-order valence-electron chi connectivity index (χ0n) is 11.9. The maximum atomic E-state index is 5.60. The minimum Gasteiger partial charge on any atom is -0.491 e. The Morgan fingerprint density at radius 1 is 1.16 bits per heavy atom. The molecule has 1 aromatic rings. The van der Waals surface area contributed by atoms with E-state index in [9.17, 15) is 0 Å². The van der Waals surface area contributed by atoms with Crippen molar-refractivity contribution in [2.75, 3.05) is 26.4 Å². The van der Waals surface area contributed by atoms with Crippen LogP contribution in [0.3, 0.4) is 0 Å². The van der Waals surface area contributed by atoms with Gasteiger partial charge in [-0.3, -0.25) is 0 Å². The second-order valence-electron chi connectivity index (χ2n) is 4.36. The largest absolute Gasteiger partial charge is 0.491 e. The molecule has 0 atom stereocenters. The Kier molecular flexibility index (Phi) is 8.77. The molecule has 1 rings (SSSR count). The molecule has 1 aromatic carbocycles. The minimum absolute atomic E-state index is 0.588. The Morgan fingerprint density at radius 3 is 2.63 bits per heavy atom. The molecule has 0 aliphatic rings. The Hall–Kier alpha value is -1.32. The maximum Gasteiger partial charge on any atom is 0.119 e. The van der Waals surface area contributed by atoms with Crippen LogP contribution in [0.1, 0.15) is 25.3 Å². The second kappa shape index (κ2) is 10.6. The predicted molar refractivity (Wildman–Crippen MR) is 79.6 cm³/mol. The van der Waals surface area contributed by atoms with Crippen LogP contribution in [0.5, 0.6) is 5.75 Å². The van der Waals surface area contributed by atoms with E-state index >= 15 is 0 Å². The molecular formula is C16H25NO2. The van der Waals surface area contributed by atoms with Crippen molar-refractivity contribution in [3.05, 3.63) is 42.5 Å². The van der Waals surface area contributed by atoms with E-state index < -0.39 is 0 Å². The lowest BCUT2D eigenvalue weighted by Gasteiger charge is -2.08. The fourth-order valence-corrected chi connectivity index (χ4v) is 1.60. The lowest BCUT2D eigenvalue weighted by Crippen LogP contribution is -2.13. The Bertz CT molecular complexity index is 335. The van der Waals surface area contributed by atoms with Crippen LogP contribution in [0.25, 0.3) is 0 Å². The average Bonchev–Trinajstić information content (AvgIpc) is 2.44. The molecule has 0 unspecified atom stereocenters. The highest BCUT2D eigenvalue weighted by atomic mass is 16.5. The summed E-state index contributed by atoms with van der Waals surface area (Å²) in [6.07, 6.45) is 3.90. The smallest absolute Gasteiger partial charge is 0.119 e. The van der Waals surface area contributed by atoms with Crippen LogP contribution in [0.15, 0.2) is 36.9 Å². The van der Waals surface area contributed by atoms with Crippen molar-refractivity contribution in [1.29, 1.82) is 0 Å². The maximum absolute atomic E-state index is 5.60. The molecule has 0 saturated heterocycles. The quantitative estimate of drug-likeness (QED) is 0.491. The molecule has 0 spiro atoms. The van der Waals surface area contributed by atoms with E-state index in [-0.39, 0.29) is 0 Å². The van der Waals surface area contributed by atoms with E-state index in [1.807, 2.05) is 18.2 Å². The number of nitrogens with one attached hydrogen (secondary N) is 1. The van der Waals surface area contributed by atoms with Crippen molar-refractivity contribution in [2.24, 2.45) is 0 Å². The number of benzene rings is 1. The Balaban J connectivity index is 2.15. The molecule has 0 aliphatic heterocycles. The summed E-state index contributed by atoms with van der Waals surface area (Å²) in [4.78, 5) is 0. The van der Waals surface area contributed by atoms with Crippen LogP contribution in [-0.2, 0) is 11.3 Å². The minimum atomic E-state index is 0.588. The summed E-state index contributed by atoms with van der Waals surface area (Å²) in [5.41, 5.74) is 1.28. The topological polar surface area (TPSA) is 30.5 Å². The molecule has 0 aromatic heterocycles. The van der Waals surface area contributed by atoms with Crippen LogP contribution < -0.4 is 10.1 Å². The second-order valence-corrected chi connectivity index (χ2v) is 4.36. The highest BCUT2D eigenvalue weighted by molar-refractivity contribution is 5.27. The van der Waals surface area contributed by atoms with Gasteiger partial charge in [0, 0.05) is 6.54 Å². The number of hydrogen-bond donors (Lipinski definition) is 1. The van der Waals surface area contributed by atoms with E-state index in [0.29, 0.717) is 13.2 Å². The molecule has 0 aliphatic carbocycles. The summed E-state index contributed by atoms with van der Waals surface area (Å²) in [5, 5.41) is 3.37. The van der Waals surface area contributed by atoms with Crippen molar-refractivity contribution in [1.82, 2.24) is 5.32 Å². The van der Waals surface area contributed by atoms with E-state index in [0.717, 1.165) is 38.3 Å². The third-order valence-electron chi connectivity index (χ3n) is 2.64. The van der Waals surface area contributed by atoms with Gasteiger partial charge in [0.25, 0.3) is 0 Å². The molecule has 0 heterocycles. The Morgan fingerprint density at radius 2 is 1.95 bits per heavy atom. The van der Waals surface area contributed by atoms with E-state index in [1.165, 1.54) is 5.56 Å². The Labute approximate surface area is 116 Å². The average molecular weight is 263 g/mol. The summed E-state index contributed by atoms with van der Waals surface area (Å²) in [6, 6.07) is 8.20. The van der Waals surface area contributed by atoms with Crippen molar-refractivity contribution in [3.63, 3.8) is 0 Å². The molecule has 1 N–H and O–H groups in total. The number of ether oxygens (including phenoxy) is 2. The van der Waals surface area contributed by atoms with Crippen LogP contribution in [0.2, 0.25) is 0 Å². The molecule has 0 amide bonds. The van der Waals surface area contributed by atoms with Gasteiger partial charge in [-0.1, -0.05) is 25.1 Å². The van der Waals surface area contributed by atoms with Crippen molar-refractivity contribution < 1.29 is 9.47 Å². The first-order valence-corrected chi connectivity index (χ1v) is 6.98. The van der Waals surface area contributed by atoms with Gasteiger partial charge in [-0.25, -0.2) is 0 Å². The zero-order chi connectivity index (χ0) is 13.8. The van der Waals surface area contributed by atoms with Crippen LogP contribution in [0.4, 0.5) is 0 Å². The monoisotopic (exact) mass is 263 g/mol. The first-order chi connectivity index (χ1) is 9.36. The van der Waals surface area contributed by atoms with Gasteiger partial charge in [0.15, 0.2) is 0 Å². The fraction of sp³-hybridized carbons (Fsp3) is 0.500. The molecule has 3 nitrogen and oxygen atoms in total. The molecule has 0 fully saturated rings. The molecule has 19 heavy (non-hydrogen) atoms. The lowest BCUT2D eigenvalue weighted by atomic mass is 10.2. The highest BCUT2D eigenvalue weighted by Gasteiger charge is 1.96. The zero-order valence-corrected chi connectivity index (χ0v) is 11.9. The standard InChI is InChI=1S/C16H25NO2/c1-3-5-11-18-12-13-19-16-8-6-15(7-9-16)14-17-10-4-2/h3,6-9,17H,1,4-5,10-14H2,2H3. The summed E-state index contributed by atoms with van der Waals surface area (Å²) in [6.45, 7) is 9.71. The molecular weight excluding hydrogens is 238 g/mol. The molecule has 0 saturated carbocycles. The van der Waals surface area contributed by atoms with Crippen LogP contribution in [0, 0.1) is 0 Å². The van der Waals surface area contributed by atoms with Crippen molar-refractivity contribution in [3.8, 4) is 5.75 Å². The van der Waals surface area contributed by atoms with E-state index in [2.05, 4.69) is 31.0 Å². The lowest BCUT2D eigenvalue weighted by molar-refractivity contribution is 0.103. The van der Waals surface area contributed by atoms with Gasteiger partial charge < -0.3 is 14.8 Å². The number of hydrogen-bond acceptors (Lipinski definition) is 3. The first kappa shape index (κ1) is 15.7. The summed E-state index contributed by atoms with van der Waals surface area (Å²) in [5.74, 6) is 0.895. The molecule has 3 heteroatoms. The molecule has 106 valence electrons. The summed E-state index contributed by atoms with van der Waals surface area (Å²) >= 11 is 0. The molecule has 0 radical (unpaired) electrons. The summed E-state index contributed by atoms with van der Waals surface area (Å²) in [7, 11) is 0. The van der Waals surface area contributed by atoms with Gasteiger partial charge in [-0.2, -0.15) is 0 Å². The summed E-state index contributed by atoms with van der Waals surface area (Å²) < 4.78 is 11.0. The normalized spacial score (nSPS) is 10.4. The van der Waals surface area contributed by atoms with Crippen molar-refractivity contribution >= 4 is 0 Å². The van der Waals surface area contributed by atoms with Gasteiger partial charge in [0.2, 0.25) is 0 Å². The van der Waals surface area contributed by atoms with E-state index in [1.54, 1.807) is 0 Å². The van der Waals surface area contributed by atoms with Gasteiger partial charge in [-0.05, 0) is 37.1 Å². The highest BCUT2D eigenvalue weighted by Crippen LogP contribution is 2.11. The SMILES string of the molecule is C=CCCOCCOc1ccc(CNCCC)cc1. The van der Waals surface area contributed by atoms with Gasteiger partial charge in [0.05, 0.1) is 13.2 Å². The third-order valence-corrected chi connectivity index (χ3v) is 2.64. The molecule has 0 bridgehead atoms. The predicted octanol–water partition coefficient (Wildman–Crippen LogP) is 3.16. The van der Waals surface area contributed by atoms with E-state index in [4.69, 9.17) is 9.47 Å². The van der Waals surface area contributed by atoms with Gasteiger partial charge in [-0.15, -0.1) is 6.58 Å². The van der Waals surface area contributed by atoms with Gasteiger partial charge >= 0.3 is 0 Å². The van der Waals surface area contributed by atoms with Crippen LogP contribution in [-0.4, -0.2) is 26.4 Å².